The topological polar surface area (TPSA) is 76.5 Å². The van der Waals surface area contributed by atoms with Gasteiger partial charge < -0.3 is 19.5 Å². The van der Waals surface area contributed by atoms with Gasteiger partial charge in [0, 0.05) is 24.7 Å². The van der Waals surface area contributed by atoms with E-state index in [1.165, 1.54) is 0 Å². The van der Waals surface area contributed by atoms with Crippen molar-refractivity contribution in [3.63, 3.8) is 0 Å². The summed E-state index contributed by atoms with van der Waals surface area (Å²) >= 11 is 0. The summed E-state index contributed by atoms with van der Waals surface area (Å²) in [5, 5.41) is 3.04. The van der Waals surface area contributed by atoms with E-state index in [4.69, 9.17) is 4.74 Å². The number of fused-ring (bicyclic) bond motifs is 1. The molecule has 0 aliphatic carbocycles. The molecule has 0 radical (unpaired) electrons. The molecule has 2 aliphatic heterocycles. The molecule has 3 heterocycles. The highest BCUT2D eigenvalue weighted by Gasteiger charge is 2.32. The molecule has 7 heteroatoms. The number of nitrogens with zero attached hydrogens (tertiary/aromatic N) is 3. The van der Waals surface area contributed by atoms with E-state index in [2.05, 4.69) is 22.4 Å². The molecule has 1 atom stereocenters. The van der Waals surface area contributed by atoms with Crippen molar-refractivity contribution in [3.05, 3.63) is 83.4 Å². The monoisotopic (exact) mass is 444 g/mol. The molecule has 1 saturated heterocycles. The fraction of sp³-hybridized carbons (Fsp3) is 0.346. The first kappa shape index (κ1) is 21.4. The molecule has 7 nitrogen and oxygen atoms in total. The number of ether oxygens (including phenoxy) is 1. The first-order valence-electron chi connectivity index (χ1n) is 11.5. The van der Waals surface area contributed by atoms with Gasteiger partial charge in [0.05, 0.1) is 25.2 Å². The zero-order valence-corrected chi connectivity index (χ0v) is 18.7. The van der Waals surface area contributed by atoms with Crippen molar-refractivity contribution < 1.29 is 14.3 Å². The van der Waals surface area contributed by atoms with Gasteiger partial charge in [-0.05, 0) is 37.0 Å². The lowest BCUT2D eigenvalue weighted by Gasteiger charge is -2.31. The number of aryl methyl sites for hydroxylation is 1. The number of rotatable bonds is 4. The third kappa shape index (κ3) is 4.41. The Balaban J connectivity index is 1.20. The molecule has 0 spiro atoms. The number of benzene rings is 2. The van der Waals surface area contributed by atoms with Gasteiger partial charge in [-0.2, -0.15) is 0 Å². The second-order valence-electron chi connectivity index (χ2n) is 8.77. The maximum absolute atomic E-state index is 13.2. The zero-order chi connectivity index (χ0) is 22.8. The molecule has 3 aromatic rings. The average Bonchev–Trinajstić information content (AvgIpc) is 3.29. The van der Waals surface area contributed by atoms with Gasteiger partial charge in [0.15, 0.2) is 5.69 Å². The summed E-state index contributed by atoms with van der Waals surface area (Å²) in [5.74, 6) is -0.154. The molecule has 33 heavy (non-hydrogen) atoms. The van der Waals surface area contributed by atoms with Crippen LogP contribution in [-0.2, 0) is 22.7 Å². The van der Waals surface area contributed by atoms with Crippen LogP contribution < -0.4 is 5.32 Å². The van der Waals surface area contributed by atoms with E-state index in [-0.39, 0.29) is 23.8 Å². The number of piperidine rings is 1. The van der Waals surface area contributed by atoms with Gasteiger partial charge in [0.25, 0.3) is 5.91 Å². The summed E-state index contributed by atoms with van der Waals surface area (Å²) in [6, 6.07) is 17.9. The van der Waals surface area contributed by atoms with Gasteiger partial charge in [-0.3, -0.25) is 9.59 Å². The largest absolute Gasteiger partial charge is 0.365 e. The van der Waals surface area contributed by atoms with Crippen molar-refractivity contribution in [1.82, 2.24) is 14.5 Å². The van der Waals surface area contributed by atoms with Crippen molar-refractivity contribution in [3.8, 4) is 0 Å². The molecule has 1 aromatic heterocycles. The van der Waals surface area contributed by atoms with Crippen LogP contribution in [0.1, 0.15) is 46.3 Å². The Kier molecular flexibility index (Phi) is 5.96. The van der Waals surface area contributed by atoms with Crippen LogP contribution in [0.3, 0.4) is 0 Å². The van der Waals surface area contributed by atoms with Gasteiger partial charge in [0.1, 0.15) is 6.10 Å². The van der Waals surface area contributed by atoms with Crippen molar-refractivity contribution in [2.24, 2.45) is 5.92 Å². The minimum atomic E-state index is -0.0977. The summed E-state index contributed by atoms with van der Waals surface area (Å²) in [4.78, 5) is 32.2. The summed E-state index contributed by atoms with van der Waals surface area (Å²) < 4.78 is 8.08. The zero-order valence-electron chi connectivity index (χ0n) is 18.7. The number of imidazole rings is 1. The number of hydrogen-bond acceptors (Lipinski definition) is 4. The van der Waals surface area contributed by atoms with Crippen LogP contribution in [-0.4, -0.2) is 39.4 Å². The number of nitrogens with one attached hydrogen (secondary N) is 1. The van der Waals surface area contributed by atoms with E-state index in [1.807, 2.05) is 58.9 Å². The van der Waals surface area contributed by atoms with E-state index < -0.39 is 0 Å². The number of likely N-dealkylation sites (tertiary alicyclic amines) is 1. The summed E-state index contributed by atoms with van der Waals surface area (Å²) in [5.41, 5.74) is 4.30. The third-order valence-electron chi connectivity index (χ3n) is 6.66. The van der Waals surface area contributed by atoms with Crippen molar-refractivity contribution >= 4 is 17.5 Å². The molecule has 2 amide bonds. The van der Waals surface area contributed by atoms with Crippen LogP contribution in [0.2, 0.25) is 0 Å². The van der Waals surface area contributed by atoms with E-state index >= 15 is 0 Å². The van der Waals surface area contributed by atoms with Gasteiger partial charge >= 0.3 is 0 Å². The highest BCUT2D eigenvalue weighted by molar-refractivity contribution is 5.95. The molecule has 5 rings (SSSR count). The summed E-state index contributed by atoms with van der Waals surface area (Å²) in [7, 11) is 0. The number of para-hydroxylation sites is 1. The Bertz CT molecular complexity index is 1150. The first-order valence-corrected chi connectivity index (χ1v) is 11.5. The number of carbonyl (C=O) groups excluding carboxylic acids is 2. The van der Waals surface area contributed by atoms with Crippen molar-refractivity contribution in [1.29, 1.82) is 0 Å². The van der Waals surface area contributed by atoms with E-state index in [1.54, 1.807) is 6.33 Å². The van der Waals surface area contributed by atoms with Crippen molar-refractivity contribution in [2.45, 2.75) is 39.0 Å². The average molecular weight is 445 g/mol. The Morgan fingerprint density at radius 2 is 1.76 bits per heavy atom. The predicted octanol–water partition coefficient (Wildman–Crippen LogP) is 3.95. The first-order chi connectivity index (χ1) is 16.1. The highest BCUT2D eigenvalue weighted by atomic mass is 16.5. The Labute approximate surface area is 193 Å². The molecule has 0 unspecified atom stereocenters. The second-order valence-corrected chi connectivity index (χ2v) is 8.77. The molecule has 1 N–H and O–H groups in total. The fourth-order valence-electron chi connectivity index (χ4n) is 4.62. The maximum atomic E-state index is 13.2. The number of hydrogen-bond donors (Lipinski definition) is 1. The van der Waals surface area contributed by atoms with E-state index in [9.17, 15) is 9.59 Å². The third-order valence-corrected chi connectivity index (χ3v) is 6.66. The summed E-state index contributed by atoms with van der Waals surface area (Å²) in [6.07, 6.45) is 2.99. The fourth-order valence-corrected chi connectivity index (χ4v) is 4.62. The minimum absolute atomic E-state index is 0.0242. The molecule has 170 valence electrons. The lowest BCUT2D eigenvalue weighted by Crippen LogP contribution is -2.42. The maximum Gasteiger partial charge on any atom is 0.274 e. The van der Waals surface area contributed by atoms with E-state index in [0.717, 1.165) is 22.5 Å². The molecule has 0 saturated carbocycles. The summed E-state index contributed by atoms with van der Waals surface area (Å²) in [6.45, 7) is 4.07. The molecule has 0 bridgehead atoms. The van der Waals surface area contributed by atoms with Crippen LogP contribution in [0.15, 0.2) is 60.9 Å². The lowest BCUT2D eigenvalue weighted by atomic mass is 9.95. The Morgan fingerprint density at radius 3 is 2.52 bits per heavy atom. The normalized spacial score (nSPS) is 18.6. The van der Waals surface area contributed by atoms with Gasteiger partial charge in [-0.1, -0.05) is 48.5 Å². The van der Waals surface area contributed by atoms with Crippen LogP contribution >= 0.6 is 0 Å². The number of aromatic nitrogens is 2. The van der Waals surface area contributed by atoms with Gasteiger partial charge in [-0.15, -0.1) is 0 Å². The van der Waals surface area contributed by atoms with Crippen LogP contribution in [0.4, 0.5) is 5.69 Å². The standard InChI is InChI=1S/C26H28N4O3/c1-18-7-5-6-10-21(18)28-25(31)20-11-13-29(14-12-20)26(32)24-22-16-33-23(15-30(22)17-27-24)19-8-3-2-4-9-19/h2-10,17,20,23H,11-16H2,1H3,(H,28,31)/t23-/m0/s1. The quantitative estimate of drug-likeness (QED) is 0.661. The Morgan fingerprint density at radius 1 is 1.03 bits per heavy atom. The van der Waals surface area contributed by atoms with Crippen molar-refractivity contribution in [2.75, 3.05) is 18.4 Å². The van der Waals surface area contributed by atoms with Crippen LogP contribution in [0.5, 0.6) is 0 Å². The minimum Gasteiger partial charge on any atom is -0.365 e. The van der Waals surface area contributed by atoms with Gasteiger partial charge in [-0.25, -0.2) is 4.98 Å². The SMILES string of the molecule is Cc1ccccc1NC(=O)C1CCN(C(=O)c2ncn3c2CO[C@H](c2ccccc2)C3)CC1. The lowest BCUT2D eigenvalue weighted by molar-refractivity contribution is -0.121. The number of anilines is 1. The molecular formula is C26H28N4O3. The molecule has 2 aliphatic rings. The van der Waals surface area contributed by atoms with E-state index in [0.29, 0.717) is 44.8 Å². The molecular weight excluding hydrogens is 416 g/mol. The smallest absolute Gasteiger partial charge is 0.274 e. The highest BCUT2D eigenvalue weighted by Crippen LogP contribution is 2.29. The number of amides is 2. The second kappa shape index (κ2) is 9.19. The number of carbonyl (C=O) groups is 2. The molecule has 1 fully saturated rings. The van der Waals surface area contributed by atoms with Gasteiger partial charge in [0.2, 0.25) is 5.91 Å². The van der Waals surface area contributed by atoms with Crippen LogP contribution in [0.25, 0.3) is 0 Å². The molecule has 2 aromatic carbocycles. The Hall–Kier alpha value is -3.45. The van der Waals surface area contributed by atoms with Crippen LogP contribution in [0, 0.1) is 12.8 Å². The predicted molar refractivity (Wildman–Crippen MR) is 125 cm³/mol.